The highest BCUT2D eigenvalue weighted by atomic mass is 79.9. The molecule has 0 amide bonds. The molecule has 0 aliphatic rings. The molecule has 5 heteroatoms. The van der Waals surface area contributed by atoms with Crippen LogP contribution in [-0.4, -0.2) is 0 Å². The largest absolute Gasteiger partial charge is 0.358 e. The van der Waals surface area contributed by atoms with Crippen LogP contribution in [0.2, 0.25) is 0 Å². The molecule has 0 heterocycles. The smallest absolute Gasteiger partial charge is 0.145 e. The Balaban J connectivity index is 2.98. The summed E-state index contributed by atoms with van der Waals surface area (Å²) in [5.74, 6) is 0. The fourth-order valence-corrected chi connectivity index (χ4v) is 2.10. The van der Waals surface area contributed by atoms with Crippen molar-refractivity contribution in [3.05, 3.63) is 38.9 Å². The van der Waals surface area contributed by atoms with Crippen LogP contribution in [0, 0.1) is 22.7 Å². The summed E-state index contributed by atoms with van der Waals surface area (Å²) in [5, 5.41) is 20.0. The van der Waals surface area contributed by atoms with Crippen LogP contribution in [0.3, 0.4) is 0 Å². The van der Waals surface area contributed by atoms with E-state index in [1.54, 1.807) is 12.1 Å². The van der Waals surface area contributed by atoms with Crippen LogP contribution < -0.4 is 5.32 Å². The molecule has 0 saturated heterocycles. The molecule has 3 nitrogen and oxygen atoms in total. The Kier molecular flexibility index (Phi) is 4.36. The summed E-state index contributed by atoms with van der Waals surface area (Å²) in [7, 11) is 0. The van der Waals surface area contributed by atoms with Crippen LogP contribution in [-0.2, 0) is 0 Å². The standard InChI is InChI=1S/C10H5Br2N3/c11-8-2-1-3-9(12)10(8)15-6-7(4-13)5-14/h1-3,6,15H. The zero-order chi connectivity index (χ0) is 11.3. The lowest BCUT2D eigenvalue weighted by atomic mass is 10.3. The number of para-hydroxylation sites is 1. The van der Waals surface area contributed by atoms with Gasteiger partial charge in [0, 0.05) is 15.1 Å². The molecule has 0 unspecified atom stereocenters. The molecule has 1 aromatic rings. The monoisotopic (exact) mass is 325 g/mol. The lowest BCUT2D eigenvalue weighted by molar-refractivity contribution is 1.43. The SMILES string of the molecule is N#CC(C#N)=CNc1c(Br)cccc1Br. The lowest BCUT2D eigenvalue weighted by Crippen LogP contribution is -1.92. The van der Waals surface area contributed by atoms with Crippen molar-refractivity contribution in [3.8, 4) is 12.1 Å². The fourth-order valence-electron chi connectivity index (χ4n) is 0.870. The van der Waals surface area contributed by atoms with Gasteiger partial charge in [0.25, 0.3) is 0 Å². The Bertz CT molecular complexity index is 444. The summed E-state index contributed by atoms with van der Waals surface area (Å²) in [5.41, 5.74) is 0.804. The van der Waals surface area contributed by atoms with E-state index in [0.29, 0.717) is 0 Å². The quantitative estimate of drug-likeness (QED) is 0.845. The number of hydrogen-bond donors (Lipinski definition) is 1. The molecule has 1 aromatic carbocycles. The fraction of sp³-hybridized carbons (Fsp3) is 0. The van der Waals surface area contributed by atoms with E-state index in [9.17, 15) is 0 Å². The van der Waals surface area contributed by atoms with Crippen LogP contribution in [0.4, 0.5) is 5.69 Å². The predicted molar refractivity (Wildman–Crippen MR) is 64.8 cm³/mol. The van der Waals surface area contributed by atoms with Crippen LogP contribution in [0.1, 0.15) is 0 Å². The number of nitrogens with one attached hydrogen (secondary N) is 1. The van der Waals surface area contributed by atoms with Crippen molar-refractivity contribution < 1.29 is 0 Å². The number of hydrogen-bond acceptors (Lipinski definition) is 3. The van der Waals surface area contributed by atoms with Gasteiger partial charge in [-0.05, 0) is 44.0 Å². The molecule has 74 valence electrons. The molecule has 0 atom stereocenters. The second-order valence-corrected chi connectivity index (χ2v) is 4.23. The number of rotatable bonds is 2. The summed E-state index contributed by atoms with van der Waals surface area (Å²) in [4.78, 5) is 0. The van der Waals surface area contributed by atoms with E-state index in [0.717, 1.165) is 14.6 Å². The number of nitrogens with zero attached hydrogens (tertiary/aromatic N) is 2. The molecule has 0 bridgehead atoms. The number of benzene rings is 1. The van der Waals surface area contributed by atoms with Crippen molar-refractivity contribution >= 4 is 37.5 Å². The van der Waals surface area contributed by atoms with E-state index in [2.05, 4.69) is 37.2 Å². The molecule has 1 rings (SSSR count). The molecule has 15 heavy (non-hydrogen) atoms. The Hall–Kier alpha value is -1.30. The zero-order valence-corrected chi connectivity index (χ0v) is 10.6. The van der Waals surface area contributed by atoms with Gasteiger partial charge in [-0.15, -0.1) is 0 Å². The molecule has 0 radical (unpaired) electrons. The normalized spacial score (nSPS) is 8.53. The van der Waals surface area contributed by atoms with E-state index >= 15 is 0 Å². The minimum absolute atomic E-state index is 0.0256. The van der Waals surface area contributed by atoms with Crippen molar-refractivity contribution in [2.24, 2.45) is 0 Å². The summed E-state index contributed by atoms with van der Waals surface area (Å²) < 4.78 is 1.70. The van der Waals surface area contributed by atoms with Crippen molar-refractivity contribution in [3.63, 3.8) is 0 Å². The maximum Gasteiger partial charge on any atom is 0.145 e. The van der Waals surface area contributed by atoms with Crippen LogP contribution in [0.15, 0.2) is 38.9 Å². The molecule has 0 saturated carbocycles. The average Bonchev–Trinajstić information content (AvgIpc) is 2.23. The first-order valence-corrected chi connectivity index (χ1v) is 5.48. The van der Waals surface area contributed by atoms with Gasteiger partial charge in [-0.1, -0.05) is 6.07 Å². The first kappa shape index (κ1) is 11.8. The summed E-state index contributed by atoms with van der Waals surface area (Å²) >= 11 is 6.71. The van der Waals surface area contributed by atoms with E-state index in [1.807, 2.05) is 18.2 Å². The second-order valence-electron chi connectivity index (χ2n) is 2.52. The van der Waals surface area contributed by atoms with E-state index < -0.39 is 0 Å². The van der Waals surface area contributed by atoms with Crippen LogP contribution >= 0.6 is 31.9 Å². The number of halogens is 2. The van der Waals surface area contributed by atoms with Gasteiger partial charge in [-0.3, -0.25) is 0 Å². The maximum atomic E-state index is 8.54. The molecule has 0 spiro atoms. The Morgan fingerprint density at radius 1 is 1.20 bits per heavy atom. The third kappa shape index (κ3) is 3.09. The predicted octanol–water partition coefficient (Wildman–Crippen LogP) is 3.55. The molecular formula is C10H5Br2N3. The first-order valence-electron chi connectivity index (χ1n) is 3.90. The topological polar surface area (TPSA) is 59.6 Å². The minimum Gasteiger partial charge on any atom is -0.358 e. The van der Waals surface area contributed by atoms with Gasteiger partial charge < -0.3 is 5.32 Å². The van der Waals surface area contributed by atoms with Crippen molar-refractivity contribution in [2.75, 3.05) is 5.32 Å². The third-order valence-electron chi connectivity index (χ3n) is 1.56. The first-order chi connectivity index (χ1) is 7.19. The van der Waals surface area contributed by atoms with Crippen molar-refractivity contribution in [1.82, 2.24) is 0 Å². The molecule has 0 fully saturated rings. The number of nitriles is 2. The average molecular weight is 327 g/mol. The lowest BCUT2D eigenvalue weighted by Gasteiger charge is -2.05. The van der Waals surface area contributed by atoms with Gasteiger partial charge in [0.05, 0.1) is 5.69 Å². The van der Waals surface area contributed by atoms with E-state index in [1.165, 1.54) is 6.20 Å². The van der Waals surface area contributed by atoms with Gasteiger partial charge in [-0.2, -0.15) is 10.5 Å². The second kappa shape index (κ2) is 5.55. The van der Waals surface area contributed by atoms with Gasteiger partial charge in [0.1, 0.15) is 17.7 Å². The highest BCUT2D eigenvalue weighted by Gasteiger charge is 2.02. The van der Waals surface area contributed by atoms with Gasteiger partial charge in [0.2, 0.25) is 0 Å². The number of allylic oxidation sites excluding steroid dienone is 1. The summed E-state index contributed by atoms with van der Waals surface area (Å²) in [6.45, 7) is 0. The highest BCUT2D eigenvalue weighted by Crippen LogP contribution is 2.30. The van der Waals surface area contributed by atoms with Crippen LogP contribution in [0.25, 0.3) is 0 Å². The minimum atomic E-state index is 0.0256. The van der Waals surface area contributed by atoms with E-state index in [4.69, 9.17) is 10.5 Å². The van der Waals surface area contributed by atoms with Crippen molar-refractivity contribution in [2.45, 2.75) is 0 Å². The van der Waals surface area contributed by atoms with Gasteiger partial charge >= 0.3 is 0 Å². The molecule has 1 N–H and O–H groups in total. The maximum absolute atomic E-state index is 8.54. The van der Waals surface area contributed by atoms with Crippen LogP contribution in [0.5, 0.6) is 0 Å². The molecule has 0 aliphatic carbocycles. The number of anilines is 1. The summed E-state index contributed by atoms with van der Waals surface area (Å²) in [6, 6.07) is 9.13. The molecule has 0 aliphatic heterocycles. The molecule has 0 aromatic heterocycles. The summed E-state index contributed by atoms with van der Waals surface area (Å²) in [6.07, 6.45) is 1.37. The van der Waals surface area contributed by atoms with Gasteiger partial charge in [0.15, 0.2) is 0 Å². The van der Waals surface area contributed by atoms with Crippen molar-refractivity contribution in [1.29, 1.82) is 10.5 Å². The Morgan fingerprint density at radius 3 is 2.20 bits per heavy atom. The Morgan fingerprint density at radius 2 is 1.73 bits per heavy atom. The van der Waals surface area contributed by atoms with E-state index in [-0.39, 0.29) is 5.57 Å². The molecular weight excluding hydrogens is 322 g/mol. The zero-order valence-electron chi connectivity index (χ0n) is 7.46. The Labute approximate surface area is 104 Å². The third-order valence-corrected chi connectivity index (χ3v) is 2.89. The van der Waals surface area contributed by atoms with Gasteiger partial charge in [-0.25, -0.2) is 0 Å². The highest BCUT2D eigenvalue weighted by molar-refractivity contribution is 9.11.